The quantitative estimate of drug-likeness (QED) is 0.682. The van der Waals surface area contributed by atoms with Gasteiger partial charge in [0, 0.05) is 11.3 Å². The first-order valence-electron chi connectivity index (χ1n) is 6.17. The molecule has 20 heavy (non-hydrogen) atoms. The molecule has 0 aliphatic heterocycles. The van der Waals surface area contributed by atoms with Crippen molar-refractivity contribution < 1.29 is 9.59 Å². The molecule has 2 aromatic carbocycles. The molecule has 0 atom stereocenters. The Morgan fingerprint density at radius 3 is 2.65 bits per heavy atom. The van der Waals surface area contributed by atoms with Gasteiger partial charge >= 0.3 is 0 Å². The highest BCUT2D eigenvalue weighted by atomic mass is 16.1. The summed E-state index contributed by atoms with van der Waals surface area (Å²) in [5.41, 5.74) is 3.78. The molecule has 0 aliphatic rings. The number of carbonyl (C=O) groups is 1. The molecule has 1 N–H and O–H groups in total. The maximum Gasteiger partial charge on any atom is 0.255 e. The molecule has 100 valence electrons. The molecule has 4 nitrogen and oxygen atoms in total. The molecule has 0 spiro atoms. The summed E-state index contributed by atoms with van der Waals surface area (Å²) in [5, 5.41) is 2.86. The van der Waals surface area contributed by atoms with Crippen LogP contribution in [0.2, 0.25) is 0 Å². The minimum absolute atomic E-state index is 0.235. The third-order valence-electron chi connectivity index (χ3n) is 3.14. The van der Waals surface area contributed by atoms with Crippen LogP contribution >= 0.6 is 0 Å². The Bertz CT molecular complexity index is 701. The van der Waals surface area contributed by atoms with Gasteiger partial charge in [-0.3, -0.25) is 4.79 Å². The van der Waals surface area contributed by atoms with E-state index in [1.807, 2.05) is 32.0 Å². The van der Waals surface area contributed by atoms with Crippen molar-refractivity contribution in [2.75, 3.05) is 5.32 Å². The Morgan fingerprint density at radius 1 is 1.15 bits per heavy atom. The van der Waals surface area contributed by atoms with Gasteiger partial charge in [-0.1, -0.05) is 18.2 Å². The number of amides is 1. The summed E-state index contributed by atoms with van der Waals surface area (Å²) in [5.74, 6) is -0.235. The number of hydrogen-bond acceptors (Lipinski definition) is 3. The van der Waals surface area contributed by atoms with Crippen LogP contribution in [0.3, 0.4) is 0 Å². The molecule has 0 bridgehead atoms. The van der Waals surface area contributed by atoms with Crippen LogP contribution in [0.5, 0.6) is 0 Å². The monoisotopic (exact) mass is 266 g/mol. The van der Waals surface area contributed by atoms with Crippen molar-refractivity contribution in [1.29, 1.82) is 0 Å². The molecular weight excluding hydrogens is 252 g/mol. The van der Waals surface area contributed by atoms with Crippen LogP contribution < -0.4 is 5.32 Å². The van der Waals surface area contributed by atoms with Gasteiger partial charge in [0.25, 0.3) is 5.91 Å². The van der Waals surface area contributed by atoms with E-state index >= 15 is 0 Å². The Kier molecular flexibility index (Phi) is 4.08. The van der Waals surface area contributed by atoms with E-state index in [1.165, 1.54) is 6.08 Å². The number of nitrogens with zero attached hydrogens (tertiary/aromatic N) is 1. The second-order valence-corrected chi connectivity index (χ2v) is 4.46. The summed E-state index contributed by atoms with van der Waals surface area (Å²) < 4.78 is 0. The lowest BCUT2D eigenvalue weighted by Crippen LogP contribution is -2.12. The number of benzene rings is 2. The molecule has 0 fully saturated rings. The van der Waals surface area contributed by atoms with Crippen molar-refractivity contribution in [3.05, 3.63) is 59.2 Å². The molecule has 2 aromatic rings. The summed E-state index contributed by atoms with van der Waals surface area (Å²) in [4.78, 5) is 25.9. The predicted octanol–water partition coefficient (Wildman–Crippen LogP) is 3.52. The van der Waals surface area contributed by atoms with E-state index in [-0.39, 0.29) is 5.91 Å². The van der Waals surface area contributed by atoms with E-state index in [0.29, 0.717) is 11.3 Å². The topological polar surface area (TPSA) is 58.5 Å². The molecule has 0 unspecified atom stereocenters. The summed E-state index contributed by atoms with van der Waals surface area (Å²) in [6, 6.07) is 12.3. The molecule has 0 aliphatic carbocycles. The molecule has 2 rings (SSSR count). The molecule has 0 radical (unpaired) electrons. The Balaban J connectivity index is 2.26. The number of aliphatic imine (C=N–C) groups is 1. The lowest BCUT2D eigenvalue weighted by molar-refractivity contribution is 0.102. The SMILES string of the molecule is Cc1cccc(NC(=O)c2cccc(N=C=O)c2)c1C. The van der Waals surface area contributed by atoms with Crippen LogP contribution in [0, 0.1) is 13.8 Å². The lowest BCUT2D eigenvalue weighted by atomic mass is 10.1. The van der Waals surface area contributed by atoms with Crippen LogP contribution in [0.15, 0.2) is 47.5 Å². The summed E-state index contributed by atoms with van der Waals surface area (Å²) >= 11 is 0. The van der Waals surface area contributed by atoms with E-state index in [2.05, 4.69) is 10.3 Å². The molecule has 0 saturated heterocycles. The number of nitrogens with one attached hydrogen (secondary N) is 1. The van der Waals surface area contributed by atoms with Gasteiger partial charge in [-0.25, -0.2) is 4.79 Å². The number of rotatable bonds is 3. The Morgan fingerprint density at radius 2 is 1.90 bits per heavy atom. The van der Waals surface area contributed by atoms with Gasteiger partial charge in [0.2, 0.25) is 6.08 Å². The molecule has 0 heterocycles. The fraction of sp³-hybridized carbons (Fsp3) is 0.125. The maximum atomic E-state index is 12.2. The van der Waals surface area contributed by atoms with Crippen LogP contribution in [0.4, 0.5) is 11.4 Å². The third kappa shape index (κ3) is 2.99. The van der Waals surface area contributed by atoms with Crippen molar-refractivity contribution >= 4 is 23.4 Å². The third-order valence-corrected chi connectivity index (χ3v) is 3.14. The van der Waals surface area contributed by atoms with E-state index < -0.39 is 0 Å². The molecule has 0 saturated carbocycles. The van der Waals surface area contributed by atoms with Crippen LogP contribution in [0.1, 0.15) is 21.5 Å². The van der Waals surface area contributed by atoms with Gasteiger partial charge in [-0.15, -0.1) is 0 Å². The average Bonchev–Trinajstić information content (AvgIpc) is 2.44. The van der Waals surface area contributed by atoms with Crippen LogP contribution in [0.25, 0.3) is 0 Å². The number of isocyanates is 1. The van der Waals surface area contributed by atoms with Gasteiger partial charge < -0.3 is 5.32 Å². The standard InChI is InChI=1S/C16H14N2O2/c1-11-5-3-8-15(12(11)2)18-16(20)13-6-4-7-14(9-13)17-10-19/h3-9H,1-2H3,(H,18,20). The number of anilines is 1. The van der Waals surface area contributed by atoms with Crippen molar-refractivity contribution in [3.8, 4) is 0 Å². The second-order valence-electron chi connectivity index (χ2n) is 4.46. The van der Waals surface area contributed by atoms with Gasteiger partial charge in [0.05, 0.1) is 5.69 Å². The summed E-state index contributed by atoms with van der Waals surface area (Å²) in [6.45, 7) is 3.95. The van der Waals surface area contributed by atoms with Crippen molar-refractivity contribution in [2.24, 2.45) is 4.99 Å². The molecule has 4 heteroatoms. The van der Waals surface area contributed by atoms with Gasteiger partial charge in [-0.05, 0) is 49.2 Å². The van der Waals surface area contributed by atoms with Crippen LogP contribution in [-0.4, -0.2) is 12.0 Å². The number of aryl methyl sites for hydroxylation is 1. The summed E-state index contributed by atoms with van der Waals surface area (Å²) in [6.07, 6.45) is 1.46. The van der Waals surface area contributed by atoms with E-state index in [4.69, 9.17) is 0 Å². The van der Waals surface area contributed by atoms with Crippen molar-refractivity contribution in [1.82, 2.24) is 0 Å². The lowest BCUT2D eigenvalue weighted by Gasteiger charge is -2.10. The van der Waals surface area contributed by atoms with E-state index in [0.717, 1.165) is 16.8 Å². The zero-order chi connectivity index (χ0) is 14.5. The van der Waals surface area contributed by atoms with E-state index in [1.54, 1.807) is 24.3 Å². The van der Waals surface area contributed by atoms with Crippen molar-refractivity contribution in [2.45, 2.75) is 13.8 Å². The van der Waals surface area contributed by atoms with E-state index in [9.17, 15) is 9.59 Å². The second kappa shape index (κ2) is 5.95. The Hall–Kier alpha value is -2.71. The fourth-order valence-corrected chi connectivity index (χ4v) is 1.85. The molecule has 1 amide bonds. The largest absolute Gasteiger partial charge is 0.322 e. The Labute approximate surface area is 117 Å². The van der Waals surface area contributed by atoms with Crippen LogP contribution in [-0.2, 0) is 4.79 Å². The highest BCUT2D eigenvalue weighted by Gasteiger charge is 2.08. The molecular formula is C16H14N2O2. The minimum atomic E-state index is -0.235. The van der Waals surface area contributed by atoms with Crippen molar-refractivity contribution in [3.63, 3.8) is 0 Å². The van der Waals surface area contributed by atoms with Gasteiger partial charge in [-0.2, -0.15) is 4.99 Å². The van der Waals surface area contributed by atoms with Gasteiger partial charge in [0.15, 0.2) is 0 Å². The number of carbonyl (C=O) groups excluding carboxylic acids is 2. The smallest absolute Gasteiger partial charge is 0.255 e. The minimum Gasteiger partial charge on any atom is -0.322 e. The van der Waals surface area contributed by atoms with Gasteiger partial charge in [0.1, 0.15) is 0 Å². The summed E-state index contributed by atoms with van der Waals surface area (Å²) in [7, 11) is 0. The number of hydrogen-bond donors (Lipinski definition) is 1. The highest BCUT2D eigenvalue weighted by molar-refractivity contribution is 6.05. The highest BCUT2D eigenvalue weighted by Crippen LogP contribution is 2.20. The first kappa shape index (κ1) is 13.7. The predicted molar refractivity (Wildman–Crippen MR) is 78.1 cm³/mol. The first-order valence-corrected chi connectivity index (χ1v) is 6.17. The molecule has 0 aromatic heterocycles. The zero-order valence-corrected chi connectivity index (χ0v) is 11.3. The zero-order valence-electron chi connectivity index (χ0n) is 11.3. The fourth-order valence-electron chi connectivity index (χ4n) is 1.85. The average molecular weight is 266 g/mol. The maximum absolute atomic E-state index is 12.2. The first-order chi connectivity index (χ1) is 9.61. The normalized spacial score (nSPS) is 9.70.